The number of nitrogens with one attached hydrogen (secondary N) is 1. The second kappa shape index (κ2) is 6.15. The highest BCUT2D eigenvalue weighted by molar-refractivity contribution is 7.89. The number of hydrogen-bond acceptors (Lipinski definition) is 4. The lowest BCUT2D eigenvalue weighted by Crippen LogP contribution is -2.44. The highest BCUT2D eigenvalue weighted by Crippen LogP contribution is 2.13. The lowest BCUT2D eigenvalue weighted by Gasteiger charge is -2.26. The Morgan fingerprint density at radius 1 is 1.16 bits per heavy atom. The Labute approximate surface area is 113 Å². The van der Waals surface area contributed by atoms with Crippen molar-refractivity contribution in [2.24, 2.45) is 0 Å². The number of piperidine rings is 1. The van der Waals surface area contributed by atoms with Crippen LogP contribution in [0.15, 0.2) is 29.2 Å². The van der Waals surface area contributed by atoms with Crippen molar-refractivity contribution in [3.63, 3.8) is 0 Å². The lowest BCUT2D eigenvalue weighted by atomic mass is 10.2. The van der Waals surface area contributed by atoms with Crippen molar-refractivity contribution in [1.82, 2.24) is 9.84 Å². The zero-order valence-electron chi connectivity index (χ0n) is 10.7. The summed E-state index contributed by atoms with van der Waals surface area (Å²) in [6.45, 7) is 1.51. The molecule has 0 bridgehead atoms. The minimum absolute atomic E-state index is 0.236. The summed E-state index contributed by atoms with van der Waals surface area (Å²) < 4.78 is 24.3. The fourth-order valence-corrected chi connectivity index (χ4v) is 3.21. The van der Waals surface area contributed by atoms with Gasteiger partial charge in [-0.3, -0.25) is 0 Å². The molecule has 0 atom stereocenters. The van der Waals surface area contributed by atoms with E-state index in [1.54, 1.807) is 29.3 Å². The van der Waals surface area contributed by atoms with Gasteiger partial charge < -0.3 is 0 Å². The summed E-state index contributed by atoms with van der Waals surface area (Å²) in [6, 6.07) is 8.47. The molecule has 1 N–H and O–H groups in total. The van der Waals surface area contributed by atoms with Gasteiger partial charge in [0.25, 0.3) is 10.0 Å². The summed E-state index contributed by atoms with van der Waals surface area (Å²) in [6.07, 6.45) is 3.48. The molecule has 1 aromatic carbocycles. The van der Waals surface area contributed by atoms with Crippen LogP contribution >= 0.6 is 0 Å². The van der Waals surface area contributed by atoms with Crippen molar-refractivity contribution in [3.05, 3.63) is 29.8 Å². The van der Waals surface area contributed by atoms with Crippen molar-refractivity contribution < 1.29 is 8.42 Å². The number of nitrogens with zero attached hydrogens (tertiary/aromatic N) is 2. The van der Waals surface area contributed by atoms with E-state index in [0.717, 1.165) is 37.9 Å². The minimum Gasteiger partial charge on any atom is -0.230 e. The topological polar surface area (TPSA) is 73.2 Å². The summed E-state index contributed by atoms with van der Waals surface area (Å²) in [5, 5.41) is 10.3. The Hall–Kier alpha value is -1.42. The van der Waals surface area contributed by atoms with Crippen LogP contribution in [0.25, 0.3) is 0 Å². The van der Waals surface area contributed by atoms with Crippen LogP contribution in [0, 0.1) is 11.3 Å². The van der Waals surface area contributed by atoms with Gasteiger partial charge in [0.1, 0.15) is 0 Å². The maximum atomic E-state index is 12.2. The van der Waals surface area contributed by atoms with Crippen LogP contribution in [0.1, 0.15) is 24.8 Å². The Bertz CT molecular complexity index is 555. The molecule has 0 spiro atoms. The third kappa shape index (κ3) is 3.77. The normalized spacial score (nSPS) is 17.0. The molecule has 1 heterocycles. The predicted octanol–water partition coefficient (Wildman–Crippen LogP) is 1.43. The van der Waals surface area contributed by atoms with Crippen LogP contribution in [0.2, 0.25) is 0 Å². The first-order chi connectivity index (χ1) is 9.12. The van der Waals surface area contributed by atoms with Crippen LogP contribution in [0.4, 0.5) is 0 Å². The number of benzene rings is 1. The molecule has 1 saturated heterocycles. The van der Waals surface area contributed by atoms with Gasteiger partial charge in [0.15, 0.2) is 0 Å². The van der Waals surface area contributed by atoms with Gasteiger partial charge in [-0.25, -0.2) is 13.4 Å². The molecule has 1 aliphatic heterocycles. The van der Waals surface area contributed by atoms with Crippen molar-refractivity contribution >= 4 is 10.0 Å². The SMILES string of the molecule is N#CCc1ccc(S(=O)(=O)NN2CCCCC2)cc1. The molecule has 5 nitrogen and oxygen atoms in total. The number of hydrogen-bond donors (Lipinski definition) is 1. The molecular formula is C13H17N3O2S. The molecule has 6 heteroatoms. The third-order valence-electron chi connectivity index (χ3n) is 3.12. The average Bonchev–Trinajstić information content (AvgIpc) is 2.40. The molecule has 19 heavy (non-hydrogen) atoms. The van der Waals surface area contributed by atoms with Gasteiger partial charge in [0.2, 0.25) is 0 Å². The molecule has 0 unspecified atom stereocenters. The van der Waals surface area contributed by atoms with E-state index in [-0.39, 0.29) is 4.90 Å². The maximum Gasteiger partial charge on any atom is 0.253 e. The maximum absolute atomic E-state index is 12.2. The zero-order chi connectivity index (χ0) is 13.7. The van der Waals surface area contributed by atoms with E-state index in [9.17, 15) is 8.42 Å². The van der Waals surface area contributed by atoms with E-state index in [1.165, 1.54) is 0 Å². The molecule has 0 aliphatic carbocycles. The number of sulfonamides is 1. The summed E-state index contributed by atoms with van der Waals surface area (Å²) >= 11 is 0. The van der Waals surface area contributed by atoms with Crippen LogP contribution in [0.3, 0.4) is 0 Å². The molecule has 1 aliphatic rings. The first-order valence-corrected chi connectivity index (χ1v) is 7.83. The van der Waals surface area contributed by atoms with Crippen molar-refractivity contribution in [3.8, 4) is 6.07 Å². The predicted molar refractivity (Wildman–Crippen MR) is 71.5 cm³/mol. The van der Waals surface area contributed by atoms with E-state index in [0.29, 0.717) is 6.42 Å². The van der Waals surface area contributed by atoms with Crippen molar-refractivity contribution in [2.75, 3.05) is 13.1 Å². The molecule has 102 valence electrons. The van der Waals surface area contributed by atoms with Crippen molar-refractivity contribution in [1.29, 1.82) is 5.26 Å². The highest BCUT2D eigenvalue weighted by Gasteiger charge is 2.19. The fraction of sp³-hybridized carbons (Fsp3) is 0.462. The molecule has 1 fully saturated rings. The van der Waals surface area contributed by atoms with Crippen LogP contribution in [-0.4, -0.2) is 26.5 Å². The Kier molecular flexibility index (Phi) is 4.53. The summed E-state index contributed by atoms with van der Waals surface area (Å²) in [7, 11) is -3.50. The largest absolute Gasteiger partial charge is 0.253 e. The van der Waals surface area contributed by atoms with Gasteiger partial charge in [0.05, 0.1) is 17.4 Å². The van der Waals surface area contributed by atoms with Gasteiger partial charge in [-0.05, 0) is 30.5 Å². The molecule has 0 saturated carbocycles. The quantitative estimate of drug-likeness (QED) is 0.905. The molecule has 2 rings (SSSR count). The van der Waals surface area contributed by atoms with Gasteiger partial charge in [-0.15, -0.1) is 4.83 Å². The van der Waals surface area contributed by atoms with Crippen LogP contribution in [0.5, 0.6) is 0 Å². The zero-order valence-corrected chi connectivity index (χ0v) is 11.5. The Balaban J connectivity index is 2.08. The van der Waals surface area contributed by atoms with E-state index >= 15 is 0 Å². The van der Waals surface area contributed by atoms with E-state index in [1.807, 2.05) is 6.07 Å². The van der Waals surface area contributed by atoms with Gasteiger partial charge in [-0.2, -0.15) is 5.26 Å². The minimum atomic E-state index is -3.50. The molecule has 0 radical (unpaired) electrons. The summed E-state index contributed by atoms with van der Waals surface area (Å²) in [5.41, 5.74) is 0.819. The standard InChI is InChI=1S/C13H17N3O2S/c14-9-8-12-4-6-13(7-5-12)19(17,18)15-16-10-2-1-3-11-16/h4-7,15H,1-3,8,10-11H2. The second-order valence-corrected chi connectivity index (χ2v) is 6.28. The highest BCUT2D eigenvalue weighted by atomic mass is 32.2. The fourth-order valence-electron chi connectivity index (χ4n) is 2.09. The lowest BCUT2D eigenvalue weighted by molar-refractivity contribution is 0.200. The number of hydrazine groups is 1. The first-order valence-electron chi connectivity index (χ1n) is 6.35. The van der Waals surface area contributed by atoms with Crippen LogP contribution in [-0.2, 0) is 16.4 Å². The molecule has 0 aromatic heterocycles. The number of rotatable bonds is 4. The number of nitriles is 1. The molecular weight excluding hydrogens is 262 g/mol. The summed E-state index contributed by atoms with van der Waals surface area (Å²) in [5.74, 6) is 0. The monoisotopic (exact) mass is 279 g/mol. The summed E-state index contributed by atoms with van der Waals surface area (Å²) in [4.78, 5) is 2.84. The molecule has 0 amide bonds. The Morgan fingerprint density at radius 3 is 2.37 bits per heavy atom. The first kappa shape index (κ1) is 14.0. The third-order valence-corrected chi connectivity index (χ3v) is 4.51. The second-order valence-electron chi connectivity index (χ2n) is 4.62. The van der Waals surface area contributed by atoms with E-state index < -0.39 is 10.0 Å². The Morgan fingerprint density at radius 2 is 1.79 bits per heavy atom. The molecule has 1 aromatic rings. The van der Waals surface area contributed by atoms with Crippen LogP contribution < -0.4 is 4.83 Å². The van der Waals surface area contributed by atoms with E-state index in [2.05, 4.69) is 4.83 Å². The average molecular weight is 279 g/mol. The van der Waals surface area contributed by atoms with E-state index in [4.69, 9.17) is 5.26 Å². The van der Waals surface area contributed by atoms with Gasteiger partial charge >= 0.3 is 0 Å². The smallest absolute Gasteiger partial charge is 0.230 e. The van der Waals surface area contributed by atoms with Crippen molar-refractivity contribution in [2.45, 2.75) is 30.6 Å². The van der Waals surface area contributed by atoms with Gasteiger partial charge in [-0.1, -0.05) is 18.6 Å². The van der Waals surface area contributed by atoms with Gasteiger partial charge in [0, 0.05) is 13.1 Å².